The normalized spacial score (nSPS) is 33.3. The summed E-state index contributed by atoms with van der Waals surface area (Å²) in [5.41, 5.74) is 0.529. The van der Waals surface area contributed by atoms with Crippen LogP contribution in [0.2, 0.25) is 0 Å². The van der Waals surface area contributed by atoms with Gasteiger partial charge in [-0.25, -0.2) is 0 Å². The van der Waals surface area contributed by atoms with E-state index in [1.54, 1.807) is 24.3 Å². The Morgan fingerprint density at radius 3 is 2.43 bits per heavy atom. The molecule has 150 valence electrons. The van der Waals surface area contributed by atoms with E-state index in [1.807, 2.05) is 0 Å². The largest absolute Gasteiger partial charge is 0.455 e. The zero-order chi connectivity index (χ0) is 20.6. The van der Waals surface area contributed by atoms with Gasteiger partial charge in [0, 0.05) is 17.7 Å². The van der Waals surface area contributed by atoms with Crippen molar-refractivity contribution in [3.63, 3.8) is 0 Å². The lowest BCUT2D eigenvalue weighted by molar-refractivity contribution is -0.384. The molecule has 1 saturated heterocycles. The molecule has 1 aliphatic heterocycles. The van der Waals surface area contributed by atoms with Crippen molar-refractivity contribution in [1.29, 1.82) is 0 Å². The van der Waals surface area contributed by atoms with Crippen LogP contribution in [0.4, 0.5) is 5.69 Å². The lowest BCUT2D eigenvalue weighted by Crippen LogP contribution is -2.40. The first-order valence-corrected chi connectivity index (χ1v) is 9.98. The van der Waals surface area contributed by atoms with E-state index in [0.717, 1.165) is 11.4 Å². The molecule has 4 aliphatic carbocycles. The summed E-state index contributed by atoms with van der Waals surface area (Å²) in [4.78, 5) is 36.3. The van der Waals surface area contributed by atoms with Gasteiger partial charge in [0.15, 0.2) is 0 Å². The summed E-state index contributed by atoms with van der Waals surface area (Å²) in [5.74, 6) is 1.18. The Labute approximate surface area is 171 Å². The van der Waals surface area contributed by atoms with E-state index in [4.69, 9.17) is 4.42 Å². The van der Waals surface area contributed by atoms with Crippen molar-refractivity contribution >= 4 is 23.7 Å². The van der Waals surface area contributed by atoms with Crippen molar-refractivity contribution in [2.75, 3.05) is 0 Å². The van der Waals surface area contributed by atoms with Gasteiger partial charge in [-0.05, 0) is 42.2 Å². The van der Waals surface area contributed by atoms with Crippen molar-refractivity contribution in [3.05, 3.63) is 64.4 Å². The van der Waals surface area contributed by atoms with Crippen LogP contribution in [0.15, 0.2) is 58.1 Å². The van der Waals surface area contributed by atoms with E-state index in [2.05, 4.69) is 17.3 Å². The van der Waals surface area contributed by atoms with Crippen LogP contribution in [0.5, 0.6) is 0 Å². The molecule has 5 aliphatic rings. The number of nitro benzene ring substituents is 1. The molecular formula is C22H17N3O5. The summed E-state index contributed by atoms with van der Waals surface area (Å²) < 4.78 is 5.70. The summed E-state index contributed by atoms with van der Waals surface area (Å²) >= 11 is 0. The second kappa shape index (κ2) is 5.98. The van der Waals surface area contributed by atoms with Gasteiger partial charge in [0.2, 0.25) is 0 Å². The number of hydrogen-bond acceptors (Lipinski definition) is 6. The molecule has 3 fully saturated rings. The highest BCUT2D eigenvalue weighted by Crippen LogP contribution is 2.65. The van der Waals surface area contributed by atoms with Crippen LogP contribution in [-0.4, -0.2) is 28.0 Å². The third-order valence-electron chi connectivity index (χ3n) is 6.91. The molecule has 1 aromatic carbocycles. The number of allylic oxidation sites excluding steroid dienone is 2. The summed E-state index contributed by atoms with van der Waals surface area (Å²) in [6.45, 7) is 0. The van der Waals surface area contributed by atoms with Crippen LogP contribution in [-0.2, 0) is 9.59 Å². The van der Waals surface area contributed by atoms with E-state index in [1.165, 1.54) is 18.3 Å². The highest BCUT2D eigenvalue weighted by molar-refractivity contribution is 6.06. The van der Waals surface area contributed by atoms with Gasteiger partial charge in [-0.3, -0.25) is 19.7 Å². The van der Waals surface area contributed by atoms with E-state index in [9.17, 15) is 19.7 Å². The summed E-state index contributed by atoms with van der Waals surface area (Å²) in [6, 6.07) is 9.44. The number of carbonyl (C=O) groups is 2. The molecule has 0 radical (unpaired) electrons. The first-order chi connectivity index (χ1) is 14.5. The third kappa shape index (κ3) is 2.36. The third-order valence-corrected chi connectivity index (χ3v) is 6.91. The number of nitrogens with zero attached hydrogens (tertiary/aromatic N) is 3. The maximum atomic E-state index is 12.9. The minimum absolute atomic E-state index is 0.0312. The maximum Gasteiger partial charge on any atom is 0.270 e. The molecule has 30 heavy (non-hydrogen) atoms. The zero-order valence-corrected chi connectivity index (χ0v) is 15.8. The Morgan fingerprint density at radius 1 is 1.07 bits per heavy atom. The number of nitro groups is 1. The van der Waals surface area contributed by atoms with Crippen LogP contribution < -0.4 is 0 Å². The molecule has 1 aromatic heterocycles. The predicted octanol–water partition coefficient (Wildman–Crippen LogP) is 3.24. The van der Waals surface area contributed by atoms with E-state index >= 15 is 0 Å². The quantitative estimate of drug-likeness (QED) is 0.256. The number of rotatable bonds is 4. The average molecular weight is 403 g/mol. The Kier molecular flexibility index (Phi) is 3.45. The summed E-state index contributed by atoms with van der Waals surface area (Å²) in [5, 5.41) is 16.1. The van der Waals surface area contributed by atoms with Crippen molar-refractivity contribution < 1.29 is 18.9 Å². The fraction of sp³-hybridized carbons (Fsp3) is 0.318. The summed E-state index contributed by atoms with van der Waals surface area (Å²) in [6.07, 6.45) is 6.71. The second-order valence-electron chi connectivity index (χ2n) is 8.40. The molecule has 8 heteroatoms. The van der Waals surface area contributed by atoms with Gasteiger partial charge in [0.25, 0.3) is 17.5 Å². The Morgan fingerprint density at radius 2 is 1.77 bits per heavy atom. The standard InChI is InChI=1S/C22H17N3O5/c26-21-19-14-5-6-15(17-9-16(14)17)20(19)22(27)24(21)23-10-13-4-7-18(30-13)11-2-1-3-12(8-11)25(28)29/h1-8,10,14-17,19-20H,9H2/b23-10-/t14-,15-,16-,17-,19+,20+/m1/s1. The monoisotopic (exact) mass is 403 g/mol. The maximum absolute atomic E-state index is 12.9. The van der Waals surface area contributed by atoms with Crippen LogP contribution in [0.25, 0.3) is 11.3 Å². The molecule has 2 amide bonds. The number of amides is 2. The zero-order valence-electron chi connectivity index (χ0n) is 15.8. The topological polar surface area (TPSA) is 106 Å². The SMILES string of the molecule is O=C1[C@H]2[C@@H]3C=C[C@H]([C@H]4C[C@H]34)[C@@H]2C(=O)N1/N=C\c1ccc(-c2cccc([N+](=O)[O-])c2)o1. The van der Waals surface area contributed by atoms with Gasteiger partial charge in [-0.1, -0.05) is 24.3 Å². The highest BCUT2D eigenvalue weighted by Gasteiger charge is 2.67. The molecule has 2 heterocycles. The Hall–Kier alpha value is -3.55. The van der Waals surface area contributed by atoms with E-state index in [0.29, 0.717) is 28.9 Å². The lowest BCUT2D eigenvalue weighted by atomic mass is 9.63. The van der Waals surface area contributed by atoms with E-state index < -0.39 is 4.92 Å². The minimum atomic E-state index is -0.467. The van der Waals surface area contributed by atoms with E-state index in [-0.39, 0.29) is 41.2 Å². The van der Waals surface area contributed by atoms with Crippen molar-refractivity contribution in [3.8, 4) is 11.3 Å². The number of carbonyl (C=O) groups excluding carboxylic acids is 2. The molecule has 8 nitrogen and oxygen atoms in total. The van der Waals surface area contributed by atoms with Crippen molar-refractivity contribution in [2.45, 2.75) is 6.42 Å². The molecule has 2 bridgehead atoms. The predicted molar refractivity (Wildman–Crippen MR) is 105 cm³/mol. The molecule has 0 unspecified atom stereocenters. The highest BCUT2D eigenvalue weighted by atomic mass is 16.6. The lowest BCUT2D eigenvalue weighted by Gasteiger charge is -2.37. The number of imide groups is 1. The van der Waals surface area contributed by atoms with Gasteiger partial charge in [0.1, 0.15) is 11.5 Å². The molecule has 7 rings (SSSR count). The first-order valence-electron chi connectivity index (χ1n) is 9.98. The molecule has 2 saturated carbocycles. The average Bonchev–Trinajstić information content (AvgIpc) is 3.39. The number of hydrazone groups is 1. The van der Waals surface area contributed by atoms with Crippen molar-refractivity contribution in [2.24, 2.45) is 40.6 Å². The molecule has 0 N–H and O–H groups in total. The van der Waals surface area contributed by atoms with Gasteiger partial charge in [0.05, 0.1) is 23.0 Å². The van der Waals surface area contributed by atoms with Gasteiger partial charge in [-0.15, -0.1) is 0 Å². The number of furan rings is 1. The van der Waals surface area contributed by atoms with Gasteiger partial charge >= 0.3 is 0 Å². The molecule has 6 atom stereocenters. The number of benzene rings is 1. The minimum Gasteiger partial charge on any atom is -0.455 e. The number of non-ortho nitro benzene ring substituents is 1. The van der Waals surface area contributed by atoms with Crippen LogP contribution in [0, 0.1) is 45.6 Å². The smallest absolute Gasteiger partial charge is 0.270 e. The fourth-order valence-corrected chi connectivity index (χ4v) is 5.52. The second-order valence-corrected chi connectivity index (χ2v) is 8.40. The summed E-state index contributed by atoms with van der Waals surface area (Å²) in [7, 11) is 0. The Balaban J connectivity index is 1.24. The fourth-order valence-electron chi connectivity index (χ4n) is 5.52. The van der Waals surface area contributed by atoms with Gasteiger partial charge in [-0.2, -0.15) is 10.1 Å². The van der Waals surface area contributed by atoms with Crippen LogP contribution in [0.1, 0.15) is 12.2 Å². The first kappa shape index (κ1) is 17.3. The van der Waals surface area contributed by atoms with Gasteiger partial charge < -0.3 is 4.42 Å². The molecular weight excluding hydrogens is 386 g/mol. The molecule has 2 aromatic rings. The van der Waals surface area contributed by atoms with Crippen LogP contribution >= 0.6 is 0 Å². The van der Waals surface area contributed by atoms with Crippen molar-refractivity contribution in [1.82, 2.24) is 5.01 Å². The molecule has 0 spiro atoms. The Bertz CT molecular complexity index is 1130. The van der Waals surface area contributed by atoms with Crippen LogP contribution in [0.3, 0.4) is 0 Å². The number of hydrogen-bond donors (Lipinski definition) is 0.